The maximum atomic E-state index is 9.67. The van der Waals surface area contributed by atoms with Gasteiger partial charge in [-0.1, -0.05) is 12.8 Å². The Morgan fingerprint density at radius 1 is 1.20 bits per heavy atom. The van der Waals surface area contributed by atoms with Gasteiger partial charge < -0.3 is 15.9 Å². The van der Waals surface area contributed by atoms with E-state index in [2.05, 4.69) is 0 Å². The molecule has 1 fully saturated rings. The van der Waals surface area contributed by atoms with Gasteiger partial charge in [-0.2, -0.15) is 0 Å². The Morgan fingerprint density at radius 3 is 2.53 bits per heavy atom. The van der Waals surface area contributed by atoms with Crippen molar-refractivity contribution in [3.05, 3.63) is 23.8 Å². The molecule has 3 nitrogen and oxygen atoms in total. The molecule has 0 saturated heterocycles. The summed E-state index contributed by atoms with van der Waals surface area (Å²) >= 11 is 0. The summed E-state index contributed by atoms with van der Waals surface area (Å²) in [4.78, 5) is 0. The Morgan fingerprint density at radius 2 is 1.87 bits per heavy atom. The van der Waals surface area contributed by atoms with Gasteiger partial charge in [0.1, 0.15) is 11.5 Å². The number of aromatic hydroxyl groups is 2. The van der Waals surface area contributed by atoms with Crippen LogP contribution in [0.3, 0.4) is 0 Å². The van der Waals surface area contributed by atoms with E-state index in [4.69, 9.17) is 5.73 Å². The summed E-state index contributed by atoms with van der Waals surface area (Å²) in [6, 6.07) is 4.39. The molecule has 82 valence electrons. The number of hydrogen-bond acceptors (Lipinski definition) is 3. The molecule has 3 heteroatoms. The van der Waals surface area contributed by atoms with E-state index >= 15 is 0 Å². The van der Waals surface area contributed by atoms with Crippen LogP contribution in [0, 0.1) is 5.92 Å². The van der Waals surface area contributed by atoms with Crippen molar-refractivity contribution in [2.75, 3.05) is 0 Å². The number of phenolic OH excluding ortho intramolecular Hbond substituents is 2. The molecule has 0 unspecified atom stereocenters. The topological polar surface area (TPSA) is 66.5 Å². The average Bonchev–Trinajstić information content (AvgIpc) is 2.74. The van der Waals surface area contributed by atoms with E-state index in [-0.39, 0.29) is 17.5 Å². The van der Waals surface area contributed by atoms with Crippen LogP contribution in [0.4, 0.5) is 0 Å². The zero-order valence-electron chi connectivity index (χ0n) is 8.69. The second-order valence-electron chi connectivity index (χ2n) is 4.31. The van der Waals surface area contributed by atoms with Crippen LogP contribution in [-0.2, 0) is 0 Å². The highest BCUT2D eigenvalue weighted by Crippen LogP contribution is 2.38. The Balaban J connectivity index is 2.23. The van der Waals surface area contributed by atoms with Gasteiger partial charge in [0.2, 0.25) is 0 Å². The first kappa shape index (κ1) is 10.3. The fourth-order valence-corrected chi connectivity index (χ4v) is 2.38. The molecule has 0 aromatic heterocycles. The monoisotopic (exact) mass is 207 g/mol. The predicted molar refractivity (Wildman–Crippen MR) is 58.7 cm³/mol. The summed E-state index contributed by atoms with van der Waals surface area (Å²) in [5.74, 6) is 0.793. The molecule has 1 aromatic carbocycles. The maximum absolute atomic E-state index is 9.67. The molecule has 1 atom stereocenters. The first-order valence-electron chi connectivity index (χ1n) is 5.46. The number of nitrogens with two attached hydrogens (primary N) is 1. The van der Waals surface area contributed by atoms with E-state index in [0.717, 1.165) is 12.8 Å². The zero-order chi connectivity index (χ0) is 10.8. The summed E-state index contributed by atoms with van der Waals surface area (Å²) < 4.78 is 0. The van der Waals surface area contributed by atoms with Crippen molar-refractivity contribution in [1.29, 1.82) is 0 Å². The third kappa shape index (κ3) is 2.07. The summed E-state index contributed by atoms with van der Waals surface area (Å²) in [6.07, 6.45) is 4.68. The molecule has 0 amide bonds. The Kier molecular flexibility index (Phi) is 2.82. The molecule has 1 aromatic rings. The van der Waals surface area contributed by atoms with Crippen molar-refractivity contribution in [2.45, 2.75) is 31.7 Å². The maximum Gasteiger partial charge on any atom is 0.120 e. The van der Waals surface area contributed by atoms with Crippen molar-refractivity contribution in [3.63, 3.8) is 0 Å². The number of hydrogen-bond donors (Lipinski definition) is 3. The standard InChI is InChI=1S/C12H17NO2/c13-12(8-3-1-2-4-8)10-7-9(14)5-6-11(10)15/h5-8,12,14-15H,1-4,13H2/t12-/m1/s1. The molecule has 15 heavy (non-hydrogen) atoms. The molecular formula is C12H17NO2. The van der Waals surface area contributed by atoms with Crippen LogP contribution in [0.25, 0.3) is 0 Å². The lowest BCUT2D eigenvalue weighted by Gasteiger charge is -2.20. The first-order chi connectivity index (χ1) is 7.18. The highest BCUT2D eigenvalue weighted by Gasteiger charge is 2.25. The van der Waals surface area contributed by atoms with Crippen LogP contribution in [0.2, 0.25) is 0 Å². The van der Waals surface area contributed by atoms with Gasteiger partial charge in [0.05, 0.1) is 0 Å². The molecule has 4 N–H and O–H groups in total. The molecule has 0 radical (unpaired) electrons. The Labute approximate surface area is 89.5 Å². The Bertz CT molecular complexity index is 345. The minimum atomic E-state index is -0.153. The quantitative estimate of drug-likeness (QED) is 0.652. The van der Waals surface area contributed by atoms with E-state index in [0.29, 0.717) is 11.5 Å². The van der Waals surface area contributed by atoms with Crippen molar-refractivity contribution >= 4 is 0 Å². The minimum absolute atomic E-state index is 0.153. The normalized spacial score (nSPS) is 19.3. The third-order valence-electron chi connectivity index (χ3n) is 3.28. The minimum Gasteiger partial charge on any atom is -0.508 e. The second kappa shape index (κ2) is 4.11. The van der Waals surface area contributed by atoms with Gasteiger partial charge in [0.25, 0.3) is 0 Å². The summed E-state index contributed by atoms with van der Waals surface area (Å²) in [7, 11) is 0. The smallest absolute Gasteiger partial charge is 0.120 e. The molecule has 1 saturated carbocycles. The molecule has 2 rings (SSSR count). The SMILES string of the molecule is N[C@@H](c1cc(O)ccc1O)C1CCCC1. The molecule has 1 aliphatic rings. The molecule has 1 aliphatic carbocycles. The van der Waals surface area contributed by atoms with Gasteiger partial charge in [0.15, 0.2) is 0 Å². The van der Waals surface area contributed by atoms with Gasteiger partial charge in [0, 0.05) is 11.6 Å². The van der Waals surface area contributed by atoms with Crippen molar-refractivity contribution in [2.24, 2.45) is 11.7 Å². The van der Waals surface area contributed by atoms with E-state index in [1.54, 1.807) is 6.07 Å². The van der Waals surface area contributed by atoms with Gasteiger partial charge in [-0.05, 0) is 37.0 Å². The Hall–Kier alpha value is -1.22. The lowest BCUT2D eigenvalue weighted by molar-refractivity contribution is 0.407. The highest BCUT2D eigenvalue weighted by atomic mass is 16.3. The van der Waals surface area contributed by atoms with Gasteiger partial charge >= 0.3 is 0 Å². The molecule has 0 aliphatic heterocycles. The largest absolute Gasteiger partial charge is 0.508 e. The van der Waals surface area contributed by atoms with E-state index in [9.17, 15) is 10.2 Å². The number of benzene rings is 1. The van der Waals surface area contributed by atoms with E-state index in [1.165, 1.54) is 25.0 Å². The van der Waals surface area contributed by atoms with E-state index in [1.807, 2.05) is 0 Å². The summed E-state index contributed by atoms with van der Waals surface area (Å²) in [5.41, 5.74) is 6.77. The van der Waals surface area contributed by atoms with Crippen LogP contribution >= 0.6 is 0 Å². The van der Waals surface area contributed by atoms with Crippen molar-refractivity contribution in [3.8, 4) is 11.5 Å². The number of phenols is 2. The lowest BCUT2D eigenvalue weighted by Crippen LogP contribution is -2.19. The van der Waals surface area contributed by atoms with Gasteiger partial charge in [-0.25, -0.2) is 0 Å². The molecular weight excluding hydrogens is 190 g/mol. The van der Waals surface area contributed by atoms with Crippen molar-refractivity contribution < 1.29 is 10.2 Å². The third-order valence-corrected chi connectivity index (χ3v) is 3.28. The van der Waals surface area contributed by atoms with Crippen LogP contribution < -0.4 is 5.73 Å². The van der Waals surface area contributed by atoms with Crippen molar-refractivity contribution in [1.82, 2.24) is 0 Å². The molecule has 0 bridgehead atoms. The molecule has 0 heterocycles. The van der Waals surface area contributed by atoms with Gasteiger partial charge in [-0.15, -0.1) is 0 Å². The van der Waals surface area contributed by atoms with Crippen LogP contribution in [0.1, 0.15) is 37.3 Å². The van der Waals surface area contributed by atoms with Crippen LogP contribution in [0.5, 0.6) is 11.5 Å². The first-order valence-corrected chi connectivity index (χ1v) is 5.46. The van der Waals surface area contributed by atoms with Crippen LogP contribution in [0.15, 0.2) is 18.2 Å². The summed E-state index contributed by atoms with van der Waals surface area (Å²) in [6.45, 7) is 0. The van der Waals surface area contributed by atoms with E-state index < -0.39 is 0 Å². The lowest BCUT2D eigenvalue weighted by atomic mass is 9.92. The average molecular weight is 207 g/mol. The summed E-state index contributed by atoms with van der Waals surface area (Å²) in [5, 5.41) is 19.0. The highest BCUT2D eigenvalue weighted by molar-refractivity contribution is 5.40. The predicted octanol–water partition coefficient (Wildman–Crippen LogP) is 2.29. The number of rotatable bonds is 2. The second-order valence-corrected chi connectivity index (χ2v) is 4.31. The van der Waals surface area contributed by atoms with Gasteiger partial charge in [-0.3, -0.25) is 0 Å². The zero-order valence-corrected chi connectivity index (χ0v) is 8.69. The fraction of sp³-hybridized carbons (Fsp3) is 0.500. The molecule has 0 spiro atoms. The fourth-order valence-electron chi connectivity index (χ4n) is 2.38. The van der Waals surface area contributed by atoms with Crippen LogP contribution in [-0.4, -0.2) is 10.2 Å².